The molecule has 2 aromatic rings. The molecule has 0 aromatic heterocycles. The minimum atomic E-state index is -0.199. The molecule has 0 saturated heterocycles. The molecule has 1 atom stereocenters. The van der Waals surface area contributed by atoms with E-state index in [0.717, 1.165) is 17.9 Å². The third-order valence-corrected chi connectivity index (χ3v) is 3.12. The van der Waals surface area contributed by atoms with Gasteiger partial charge in [-0.1, -0.05) is 24.3 Å². The van der Waals surface area contributed by atoms with Gasteiger partial charge in [0, 0.05) is 12.6 Å². The van der Waals surface area contributed by atoms with Gasteiger partial charge in [-0.15, -0.1) is 0 Å². The van der Waals surface area contributed by atoms with E-state index in [1.165, 1.54) is 11.6 Å². The lowest BCUT2D eigenvalue weighted by Crippen LogP contribution is -2.18. The van der Waals surface area contributed by atoms with E-state index in [2.05, 4.69) is 5.32 Å². The molecule has 1 N–H and O–H groups in total. The third-order valence-electron chi connectivity index (χ3n) is 3.12. The highest BCUT2D eigenvalue weighted by atomic mass is 19.1. The molecule has 0 radical (unpaired) electrons. The number of hydrogen-bond acceptors (Lipinski definition) is 2. The summed E-state index contributed by atoms with van der Waals surface area (Å²) in [4.78, 5) is 0. The Balaban J connectivity index is 1.94. The van der Waals surface area contributed by atoms with Gasteiger partial charge in [-0.05, 0) is 42.3 Å². The Kier molecular flexibility index (Phi) is 4.53. The number of nitrogens with one attached hydrogen (secondary N) is 1. The molecule has 19 heavy (non-hydrogen) atoms. The molecule has 0 aliphatic rings. The van der Waals surface area contributed by atoms with Crippen molar-refractivity contribution in [1.82, 2.24) is 5.32 Å². The van der Waals surface area contributed by atoms with E-state index in [1.807, 2.05) is 37.3 Å². The first-order chi connectivity index (χ1) is 9.19. The summed E-state index contributed by atoms with van der Waals surface area (Å²) in [5.74, 6) is 0.650. The molecule has 2 rings (SSSR count). The minimum Gasteiger partial charge on any atom is -0.497 e. The van der Waals surface area contributed by atoms with Crippen LogP contribution in [-0.2, 0) is 6.54 Å². The second kappa shape index (κ2) is 6.34. The van der Waals surface area contributed by atoms with Crippen molar-refractivity contribution in [2.24, 2.45) is 0 Å². The van der Waals surface area contributed by atoms with Crippen LogP contribution in [0.15, 0.2) is 48.5 Å². The van der Waals surface area contributed by atoms with E-state index in [4.69, 9.17) is 4.74 Å². The van der Waals surface area contributed by atoms with Gasteiger partial charge in [0.25, 0.3) is 0 Å². The normalized spacial score (nSPS) is 12.2. The van der Waals surface area contributed by atoms with Crippen molar-refractivity contribution in [2.75, 3.05) is 7.11 Å². The number of methoxy groups -OCH3 is 1. The van der Waals surface area contributed by atoms with Crippen LogP contribution in [0.5, 0.6) is 5.75 Å². The maximum absolute atomic E-state index is 13.1. The van der Waals surface area contributed by atoms with Crippen LogP contribution in [0, 0.1) is 5.82 Å². The lowest BCUT2D eigenvalue weighted by atomic mass is 10.1. The smallest absolute Gasteiger partial charge is 0.123 e. The summed E-state index contributed by atoms with van der Waals surface area (Å²) in [6, 6.07) is 14.7. The molecule has 2 nitrogen and oxygen atoms in total. The van der Waals surface area contributed by atoms with Crippen molar-refractivity contribution < 1.29 is 9.13 Å². The van der Waals surface area contributed by atoms with Gasteiger partial charge in [0.05, 0.1) is 7.11 Å². The molecule has 3 heteroatoms. The largest absolute Gasteiger partial charge is 0.497 e. The van der Waals surface area contributed by atoms with Crippen LogP contribution < -0.4 is 10.1 Å². The first kappa shape index (κ1) is 13.6. The molecule has 2 aromatic carbocycles. The van der Waals surface area contributed by atoms with Gasteiger partial charge in [-0.2, -0.15) is 0 Å². The van der Waals surface area contributed by atoms with Crippen LogP contribution in [-0.4, -0.2) is 7.11 Å². The fraction of sp³-hybridized carbons (Fsp3) is 0.250. The number of halogens is 1. The lowest BCUT2D eigenvalue weighted by molar-refractivity contribution is 0.414. The molecule has 0 saturated carbocycles. The zero-order chi connectivity index (χ0) is 13.7. The SMILES string of the molecule is COc1ccc(CN[C@@H](C)c2cccc(F)c2)cc1. The first-order valence-corrected chi connectivity index (χ1v) is 6.31. The van der Waals surface area contributed by atoms with Crippen LogP contribution in [0.2, 0.25) is 0 Å². The highest BCUT2D eigenvalue weighted by Gasteiger charge is 2.05. The summed E-state index contributed by atoms with van der Waals surface area (Å²) in [6.45, 7) is 2.76. The van der Waals surface area contributed by atoms with Gasteiger partial charge in [0.1, 0.15) is 11.6 Å². The Morgan fingerprint density at radius 3 is 2.53 bits per heavy atom. The predicted octanol–water partition coefficient (Wildman–Crippen LogP) is 3.69. The summed E-state index contributed by atoms with van der Waals surface area (Å²) >= 11 is 0. The quantitative estimate of drug-likeness (QED) is 0.884. The molecule has 0 bridgehead atoms. The van der Waals surface area contributed by atoms with E-state index in [0.29, 0.717) is 0 Å². The Morgan fingerprint density at radius 1 is 1.16 bits per heavy atom. The Labute approximate surface area is 113 Å². The molecule has 100 valence electrons. The van der Waals surface area contributed by atoms with Crippen LogP contribution in [0.1, 0.15) is 24.1 Å². The molecule has 0 aliphatic heterocycles. The molecular formula is C16H18FNO. The molecule has 0 amide bonds. The van der Waals surface area contributed by atoms with Crippen molar-refractivity contribution in [3.05, 3.63) is 65.5 Å². The summed E-state index contributed by atoms with van der Waals surface area (Å²) in [5.41, 5.74) is 2.12. The van der Waals surface area contributed by atoms with Gasteiger partial charge in [-0.25, -0.2) is 4.39 Å². The average molecular weight is 259 g/mol. The number of benzene rings is 2. The number of hydrogen-bond donors (Lipinski definition) is 1. The highest BCUT2D eigenvalue weighted by Crippen LogP contribution is 2.15. The predicted molar refractivity (Wildman–Crippen MR) is 74.6 cm³/mol. The van der Waals surface area contributed by atoms with Gasteiger partial charge in [0.2, 0.25) is 0 Å². The molecular weight excluding hydrogens is 241 g/mol. The number of rotatable bonds is 5. The third kappa shape index (κ3) is 3.80. The Hall–Kier alpha value is -1.87. The molecule has 0 unspecified atom stereocenters. The second-order valence-electron chi connectivity index (χ2n) is 4.51. The van der Waals surface area contributed by atoms with E-state index in [-0.39, 0.29) is 11.9 Å². The van der Waals surface area contributed by atoms with Crippen molar-refractivity contribution in [2.45, 2.75) is 19.5 Å². The summed E-state index contributed by atoms with van der Waals surface area (Å²) in [5, 5.41) is 3.37. The van der Waals surface area contributed by atoms with E-state index >= 15 is 0 Å². The summed E-state index contributed by atoms with van der Waals surface area (Å²) < 4.78 is 18.2. The van der Waals surface area contributed by atoms with Crippen LogP contribution in [0.4, 0.5) is 4.39 Å². The van der Waals surface area contributed by atoms with Crippen LogP contribution in [0.25, 0.3) is 0 Å². The summed E-state index contributed by atoms with van der Waals surface area (Å²) in [7, 11) is 1.65. The first-order valence-electron chi connectivity index (χ1n) is 6.31. The van der Waals surface area contributed by atoms with Crippen molar-refractivity contribution >= 4 is 0 Å². The lowest BCUT2D eigenvalue weighted by Gasteiger charge is -2.14. The highest BCUT2D eigenvalue weighted by molar-refractivity contribution is 5.27. The molecule has 0 fully saturated rings. The zero-order valence-electron chi connectivity index (χ0n) is 11.2. The Bertz CT molecular complexity index is 525. The molecule has 0 spiro atoms. The minimum absolute atomic E-state index is 0.109. The molecule has 0 aliphatic carbocycles. The van der Waals surface area contributed by atoms with E-state index in [1.54, 1.807) is 19.2 Å². The topological polar surface area (TPSA) is 21.3 Å². The second-order valence-corrected chi connectivity index (χ2v) is 4.51. The monoisotopic (exact) mass is 259 g/mol. The maximum atomic E-state index is 13.1. The van der Waals surface area contributed by atoms with Crippen molar-refractivity contribution in [3.63, 3.8) is 0 Å². The molecule has 0 heterocycles. The fourth-order valence-corrected chi connectivity index (χ4v) is 1.91. The zero-order valence-corrected chi connectivity index (χ0v) is 11.2. The van der Waals surface area contributed by atoms with Crippen LogP contribution in [0.3, 0.4) is 0 Å². The standard InChI is InChI=1S/C16H18FNO/c1-12(14-4-3-5-15(17)10-14)18-11-13-6-8-16(19-2)9-7-13/h3-10,12,18H,11H2,1-2H3/t12-/m0/s1. The van der Waals surface area contributed by atoms with Crippen molar-refractivity contribution in [3.8, 4) is 5.75 Å². The Morgan fingerprint density at radius 2 is 1.89 bits per heavy atom. The fourth-order valence-electron chi connectivity index (χ4n) is 1.91. The summed E-state index contributed by atoms with van der Waals surface area (Å²) in [6.07, 6.45) is 0. The van der Waals surface area contributed by atoms with E-state index in [9.17, 15) is 4.39 Å². The van der Waals surface area contributed by atoms with Gasteiger partial charge >= 0.3 is 0 Å². The van der Waals surface area contributed by atoms with Crippen molar-refractivity contribution in [1.29, 1.82) is 0 Å². The maximum Gasteiger partial charge on any atom is 0.123 e. The van der Waals surface area contributed by atoms with Gasteiger partial charge < -0.3 is 10.1 Å². The number of ether oxygens (including phenoxy) is 1. The van der Waals surface area contributed by atoms with Gasteiger partial charge in [-0.3, -0.25) is 0 Å². The van der Waals surface area contributed by atoms with Crippen LogP contribution >= 0.6 is 0 Å². The van der Waals surface area contributed by atoms with E-state index < -0.39 is 0 Å². The average Bonchev–Trinajstić information content (AvgIpc) is 2.45. The van der Waals surface area contributed by atoms with Gasteiger partial charge in [0.15, 0.2) is 0 Å².